The Morgan fingerprint density at radius 3 is 2.00 bits per heavy atom. The van der Waals surface area contributed by atoms with Crippen molar-refractivity contribution in [2.75, 3.05) is 19.8 Å². The number of hydrogen-bond donors (Lipinski definition) is 0. The standard InChI is InChI=1S/C14H23NO4/c1-4-18-12(19-5-2)8-15-13(16)10-6-9(3)7-11(10)14(15)17/h9-12H,4-8H2,1-3H3. The lowest BCUT2D eigenvalue weighted by molar-refractivity contribution is -0.164. The maximum Gasteiger partial charge on any atom is 0.233 e. The second-order valence-corrected chi connectivity index (χ2v) is 5.42. The predicted molar refractivity (Wildman–Crippen MR) is 69.1 cm³/mol. The second kappa shape index (κ2) is 6.01. The monoisotopic (exact) mass is 269 g/mol. The molecule has 5 nitrogen and oxygen atoms in total. The molecule has 0 N–H and O–H groups in total. The summed E-state index contributed by atoms with van der Waals surface area (Å²) >= 11 is 0. The van der Waals surface area contributed by atoms with E-state index >= 15 is 0 Å². The summed E-state index contributed by atoms with van der Waals surface area (Å²) < 4.78 is 10.8. The topological polar surface area (TPSA) is 55.8 Å². The number of nitrogens with zero attached hydrogens (tertiary/aromatic N) is 1. The predicted octanol–water partition coefficient (Wildman–Crippen LogP) is 1.42. The third-order valence-electron chi connectivity index (χ3n) is 4.00. The lowest BCUT2D eigenvalue weighted by atomic mass is 10.00. The van der Waals surface area contributed by atoms with Crippen molar-refractivity contribution >= 4 is 11.8 Å². The summed E-state index contributed by atoms with van der Waals surface area (Å²) in [5.41, 5.74) is 0. The van der Waals surface area contributed by atoms with Crippen molar-refractivity contribution in [2.24, 2.45) is 17.8 Å². The van der Waals surface area contributed by atoms with E-state index in [2.05, 4.69) is 6.92 Å². The van der Waals surface area contributed by atoms with Crippen LogP contribution in [0.2, 0.25) is 0 Å². The number of fused-ring (bicyclic) bond motifs is 1. The van der Waals surface area contributed by atoms with E-state index < -0.39 is 6.29 Å². The van der Waals surface area contributed by atoms with Crippen LogP contribution in [0.3, 0.4) is 0 Å². The van der Waals surface area contributed by atoms with E-state index in [0.717, 1.165) is 12.8 Å². The van der Waals surface area contributed by atoms with Gasteiger partial charge in [-0.3, -0.25) is 14.5 Å². The van der Waals surface area contributed by atoms with Gasteiger partial charge in [0.15, 0.2) is 6.29 Å². The summed E-state index contributed by atoms with van der Waals surface area (Å²) in [7, 11) is 0. The third-order valence-corrected chi connectivity index (χ3v) is 4.00. The summed E-state index contributed by atoms with van der Waals surface area (Å²) in [4.78, 5) is 25.9. The van der Waals surface area contributed by atoms with Crippen molar-refractivity contribution in [3.05, 3.63) is 0 Å². The molecule has 1 saturated heterocycles. The van der Waals surface area contributed by atoms with Crippen LogP contribution in [0.4, 0.5) is 0 Å². The molecule has 2 amide bonds. The normalized spacial score (nSPS) is 30.5. The molecule has 1 saturated carbocycles. The Labute approximate surface area is 114 Å². The Hall–Kier alpha value is -0.940. The zero-order valence-corrected chi connectivity index (χ0v) is 11.9. The van der Waals surface area contributed by atoms with E-state index in [-0.39, 0.29) is 30.2 Å². The van der Waals surface area contributed by atoms with Crippen molar-refractivity contribution < 1.29 is 19.1 Å². The maximum absolute atomic E-state index is 12.3. The minimum Gasteiger partial charge on any atom is -0.351 e. The van der Waals surface area contributed by atoms with Gasteiger partial charge in [-0.15, -0.1) is 0 Å². The van der Waals surface area contributed by atoms with Crippen LogP contribution in [0.1, 0.15) is 33.6 Å². The Kier molecular flexibility index (Phi) is 4.58. The molecule has 2 atom stereocenters. The highest BCUT2D eigenvalue weighted by molar-refractivity contribution is 6.05. The molecule has 1 aliphatic heterocycles. The van der Waals surface area contributed by atoms with Gasteiger partial charge in [0.05, 0.1) is 18.4 Å². The molecule has 19 heavy (non-hydrogen) atoms. The average molecular weight is 269 g/mol. The Morgan fingerprint density at radius 1 is 1.11 bits per heavy atom. The van der Waals surface area contributed by atoms with E-state index in [1.54, 1.807) is 0 Å². The van der Waals surface area contributed by atoms with Crippen LogP contribution in [0, 0.1) is 17.8 Å². The summed E-state index contributed by atoms with van der Waals surface area (Å²) in [6.07, 6.45) is 1.17. The number of rotatable bonds is 6. The summed E-state index contributed by atoms with van der Waals surface area (Å²) in [5, 5.41) is 0. The summed E-state index contributed by atoms with van der Waals surface area (Å²) in [6.45, 7) is 7.08. The molecule has 0 spiro atoms. The van der Waals surface area contributed by atoms with Crippen LogP contribution in [-0.2, 0) is 19.1 Å². The van der Waals surface area contributed by atoms with Gasteiger partial charge in [0.1, 0.15) is 0 Å². The number of ether oxygens (including phenoxy) is 2. The number of hydrogen-bond acceptors (Lipinski definition) is 4. The molecule has 2 unspecified atom stereocenters. The Morgan fingerprint density at radius 2 is 1.58 bits per heavy atom. The Bertz CT molecular complexity index is 327. The molecule has 0 bridgehead atoms. The van der Waals surface area contributed by atoms with Crippen LogP contribution in [0.25, 0.3) is 0 Å². The molecule has 2 aliphatic rings. The van der Waals surface area contributed by atoms with Gasteiger partial charge >= 0.3 is 0 Å². The average Bonchev–Trinajstić information content (AvgIpc) is 2.84. The first-order valence-electron chi connectivity index (χ1n) is 7.16. The number of imide groups is 1. The van der Waals surface area contributed by atoms with E-state index in [9.17, 15) is 9.59 Å². The van der Waals surface area contributed by atoms with Crippen molar-refractivity contribution in [3.63, 3.8) is 0 Å². The smallest absolute Gasteiger partial charge is 0.233 e. The number of carbonyl (C=O) groups is 2. The zero-order valence-electron chi connectivity index (χ0n) is 11.9. The molecule has 0 aromatic carbocycles. The minimum atomic E-state index is -0.501. The quantitative estimate of drug-likeness (QED) is 0.540. The molecule has 2 fully saturated rings. The van der Waals surface area contributed by atoms with Crippen LogP contribution in [0.5, 0.6) is 0 Å². The van der Waals surface area contributed by atoms with Crippen molar-refractivity contribution in [1.29, 1.82) is 0 Å². The number of likely N-dealkylation sites (tertiary alicyclic amines) is 1. The fourth-order valence-corrected chi connectivity index (χ4v) is 3.20. The SMILES string of the molecule is CCOC(CN1C(=O)C2CC(C)CC2C1=O)OCC. The van der Waals surface area contributed by atoms with Gasteiger partial charge in [-0.1, -0.05) is 6.92 Å². The first-order valence-corrected chi connectivity index (χ1v) is 7.16. The maximum atomic E-state index is 12.3. The Balaban J connectivity index is 2.01. The van der Waals surface area contributed by atoms with E-state index in [4.69, 9.17) is 9.47 Å². The van der Waals surface area contributed by atoms with Crippen molar-refractivity contribution in [3.8, 4) is 0 Å². The van der Waals surface area contributed by atoms with Gasteiger partial charge < -0.3 is 9.47 Å². The molecule has 108 valence electrons. The lowest BCUT2D eigenvalue weighted by Gasteiger charge is -2.23. The zero-order chi connectivity index (χ0) is 14.0. The highest BCUT2D eigenvalue weighted by Crippen LogP contribution is 2.42. The third kappa shape index (κ3) is 2.82. The summed E-state index contributed by atoms with van der Waals surface area (Å²) in [6, 6.07) is 0. The summed E-state index contributed by atoms with van der Waals surface area (Å²) in [5.74, 6) is 0.185. The van der Waals surface area contributed by atoms with Gasteiger partial charge in [0.2, 0.25) is 11.8 Å². The fraction of sp³-hybridized carbons (Fsp3) is 0.857. The molecule has 1 heterocycles. The number of amides is 2. The molecular formula is C14H23NO4. The van der Waals surface area contributed by atoms with E-state index in [1.807, 2.05) is 13.8 Å². The molecule has 0 radical (unpaired) electrons. The lowest BCUT2D eigenvalue weighted by Crippen LogP contribution is -2.40. The van der Waals surface area contributed by atoms with Gasteiger partial charge in [-0.05, 0) is 32.6 Å². The van der Waals surface area contributed by atoms with Crippen LogP contribution in [0.15, 0.2) is 0 Å². The van der Waals surface area contributed by atoms with E-state index in [1.165, 1.54) is 4.90 Å². The van der Waals surface area contributed by atoms with Gasteiger partial charge in [-0.25, -0.2) is 0 Å². The largest absolute Gasteiger partial charge is 0.351 e. The van der Waals surface area contributed by atoms with Crippen LogP contribution >= 0.6 is 0 Å². The highest BCUT2D eigenvalue weighted by atomic mass is 16.7. The number of carbonyl (C=O) groups excluding carboxylic acids is 2. The van der Waals surface area contributed by atoms with Crippen molar-refractivity contribution in [1.82, 2.24) is 4.90 Å². The van der Waals surface area contributed by atoms with Crippen LogP contribution in [-0.4, -0.2) is 42.8 Å². The second-order valence-electron chi connectivity index (χ2n) is 5.42. The first kappa shape index (κ1) is 14.5. The minimum absolute atomic E-state index is 0.0382. The molecule has 0 aromatic rings. The first-order chi connectivity index (χ1) is 9.08. The molecule has 5 heteroatoms. The molecular weight excluding hydrogens is 246 g/mol. The van der Waals surface area contributed by atoms with Gasteiger partial charge in [0.25, 0.3) is 0 Å². The molecule has 0 aromatic heterocycles. The van der Waals surface area contributed by atoms with Gasteiger partial charge in [-0.2, -0.15) is 0 Å². The van der Waals surface area contributed by atoms with E-state index in [0.29, 0.717) is 19.1 Å². The molecule has 1 aliphatic carbocycles. The van der Waals surface area contributed by atoms with Crippen LogP contribution < -0.4 is 0 Å². The fourth-order valence-electron chi connectivity index (χ4n) is 3.20. The molecule has 2 rings (SSSR count). The van der Waals surface area contributed by atoms with Gasteiger partial charge in [0, 0.05) is 13.2 Å². The highest BCUT2D eigenvalue weighted by Gasteiger charge is 2.52. The van der Waals surface area contributed by atoms with Crippen molar-refractivity contribution in [2.45, 2.75) is 39.9 Å².